The lowest BCUT2D eigenvalue weighted by Crippen LogP contribution is -2.11. The van der Waals surface area contributed by atoms with E-state index >= 15 is 4.39 Å². The zero-order valence-corrected chi connectivity index (χ0v) is 21.3. The molecule has 4 aromatic rings. The molecule has 0 fully saturated rings. The molecule has 0 N–H and O–H groups in total. The van der Waals surface area contributed by atoms with Crippen LogP contribution < -0.4 is 0 Å². The first-order valence-corrected chi connectivity index (χ1v) is 13.0. The van der Waals surface area contributed by atoms with Gasteiger partial charge in [-0.15, -0.1) is 0 Å². The van der Waals surface area contributed by atoms with Gasteiger partial charge < -0.3 is 0 Å². The van der Waals surface area contributed by atoms with Crippen LogP contribution in [-0.4, -0.2) is 0 Å². The molecule has 0 aliphatic heterocycles. The fourth-order valence-corrected chi connectivity index (χ4v) is 4.81. The molecule has 0 heterocycles. The lowest BCUT2D eigenvalue weighted by molar-refractivity contribution is -0.142. The van der Waals surface area contributed by atoms with E-state index in [2.05, 4.69) is 31.2 Å². The summed E-state index contributed by atoms with van der Waals surface area (Å²) in [6.07, 6.45) is 3.79. The predicted octanol–water partition coefficient (Wildman–Crippen LogP) is 10.2. The normalized spacial score (nSPS) is 11.9. The van der Waals surface area contributed by atoms with Crippen molar-refractivity contribution in [2.45, 2.75) is 64.5 Å². The predicted molar refractivity (Wildman–Crippen MR) is 141 cm³/mol. The van der Waals surface area contributed by atoms with Crippen molar-refractivity contribution in [3.05, 3.63) is 106 Å². The third-order valence-electron chi connectivity index (χ3n) is 6.95. The van der Waals surface area contributed by atoms with E-state index in [1.54, 1.807) is 18.2 Å². The van der Waals surface area contributed by atoms with Crippen molar-refractivity contribution >= 4 is 10.8 Å². The molecule has 4 rings (SSSR count). The van der Waals surface area contributed by atoms with E-state index < -0.39 is 29.2 Å². The molecule has 0 aromatic heterocycles. The molecule has 0 saturated heterocycles. The van der Waals surface area contributed by atoms with Crippen molar-refractivity contribution in [2.75, 3.05) is 0 Å². The van der Waals surface area contributed by atoms with Crippen molar-refractivity contribution in [1.82, 2.24) is 0 Å². The summed E-state index contributed by atoms with van der Waals surface area (Å²) in [6.45, 7) is 2.21. The Bertz CT molecular complexity index is 1360. The Morgan fingerprint density at radius 2 is 1.18 bits per heavy atom. The number of hydrogen-bond donors (Lipinski definition) is 0. The van der Waals surface area contributed by atoms with Crippen LogP contribution in [0.1, 0.15) is 61.3 Å². The van der Waals surface area contributed by atoms with E-state index in [1.165, 1.54) is 49.3 Å². The van der Waals surface area contributed by atoms with E-state index in [0.29, 0.717) is 17.5 Å². The molecule has 0 unspecified atom stereocenters. The van der Waals surface area contributed by atoms with Crippen LogP contribution in [0, 0.1) is 17.5 Å². The molecule has 38 heavy (non-hydrogen) atoms. The lowest BCUT2D eigenvalue weighted by Gasteiger charge is -2.13. The molecule has 0 radical (unpaired) electrons. The quantitative estimate of drug-likeness (QED) is 0.142. The van der Waals surface area contributed by atoms with Crippen molar-refractivity contribution in [1.29, 1.82) is 0 Å². The molecule has 0 nitrogen and oxygen atoms in total. The van der Waals surface area contributed by atoms with E-state index in [1.807, 2.05) is 6.07 Å². The first-order valence-electron chi connectivity index (χ1n) is 13.0. The smallest absolute Gasteiger partial charge is 0.206 e. The summed E-state index contributed by atoms with van der Waals surface area (Å²) in [4.78, 5) is 0. The maximum atomic E-state index is 15.3. The molecule has 200 valence electrons. The van der Waals surface area contributed by atoms with Crippen LogP contribution >= 0.6 is 0 Å². The van der Waals surface area contributed by atoms with Crippen LogP contribution in [0.2, 0.25) is 0 Å². The Morgan fingerprint density at radius 3 is 1.82 bits per heavy atom. The van der Waals surface area contributed by atoms with Gasteiger partial charge in [-0.3, -0.25) is 0 Å². The zero-order chi connectivity index (χ0) is 27.3. The Balaban J connectivity index is 1.45. The highest BCUT2D eigenvalue weighted by atomic mass is 19.4. The van der Waals surface area contributed by atoms with Crippen LogP contribution in [0.25, 0.3) is 21.9 Å². The summed E-state index contributed by atoms with van der Waals surface area (Å²) in [5.41, 5.74) is 1.13. The van der Waals surface area contributed by atoms with Gasteiger partial charge in [-0.1, -0.05) is 87.2 Å². The molecule has 6 heteroatoms. The number of halogens is 6. The van der Waals surface area contributed by atoms with Crippen LogP contribution in [-0.2, 0) is 25.4 Å². The zero-order valence-electron chi connectivity index (χ0n) is 21.3. The number of benzene rings is 4. The average molecular weight is 529 g/mol. The Hall–Kier alpha value is -3.28. The van der Waals surface area contributed by atoms with Crippen molar-refractivity contribution in [2.24, 2.45) is 0 Å². The summed E-state index contributed by atoms with van der Waals surface area (Å²) in [5.74, 6) is -4.29. The maximum Gasteiger partial charge on any atom is 0.422 e. The first-order chi connectivity index (χ1) is 18.2. The SMILES string of the molecule is CCCCCCCc1ccc(CCc2ccc3c(F)c(-c4cc(F)c(C(F)(F)F)c(F)c4)ccc3c2)cc1. The number of aryl methyl sites for hydroxylation is 3. The second kappa shape index (κ2) is 12.1. The van der Waals surface area contributed by atoms with Crippen LogP contribution in [0.4, 0.5) is 26.3 Å². The topological polar surface area (TPSA) is 0 Å². The highest BCUT2D eigenvalue weighted by molar-refractivity contribution is 5.88. The van der Waals surface area contributed by atoms with Crippen LogP contribution in [0.5, 0.6) is 0 Å². The van der Waals surface area contributed by atoms with Gasteiger partial charge in [0.2, 0.25) is 0 Å². The van der Waals surface area contributed by atoms with Gasteiger partial charge in [0.05, 0.1) is 0 Å². The Morgan fingerprint density at radius 1 is 0.605 bits per heavy atom. The molecule has 0 amide bonds. The van der Waals surface area contributed by atoms with Gasteiger partial charge in [0, 0.05) is 10.9 Å². The Labute approximate surface area is 219 Å². The third-order valence-corrected chi connectivity index (χ3v) is 6.95. The molecule has 0 aliphatic carbocycles. The van der Waals surface area contributed by atoms with Gasteiger partial charge in [0.1, 0.15) is 23.0 Å². The largest absolute Gasteiger partial charge is 0.422 e. The summed E-state index contributed by atoms with van der Waals surface area (Å²) >= 11 is 0. The molecule has 0 bridgehead atoms. The van der Waals surface area contributed by atoms with E-state index in [0.717, 1.165) is 24.8 Å². The molecule has 0 saturated carbocycles. The summed E-state index contributed by atoms with van der Waals surface area (Å²) in [7, 11) is 0. The minimum Gasteiger partial charge on any atom is -0.206 e. The summed E-state index contributed by atoms with van der Waals surface area (Å²) in [6, 6.07) is 17.9. The van der Waals surface area contributed by atoms with Gasteiger partial charge in [0.15, 0.2) is 0 Å². The highest BCUT2D eigenvalue weighted by Crippen LogP contribution is 2.37. The van der Waals surface area contributed by atoms with E-state index in [-0.39, 0.29) is 16.5 Å². The standard InChI is InChI=1S/C32H30F6/c1-2-3-4-5-6-7-21-8-10-22(11-9-21)12-13-23-14-16-26-24(18-23)15-17-27(31(26)35)25-19-28(33)30(29(34)20-25)32(36,37)38/h8-11,14-20H,2-7,12-13H2,1H3. The lowest BCUT2D eigenvalue weighted by atomic mass is 9.96. The summed E-state index contributed by atoms with van der Waals surface area (Å²) in [5, 5.41) is 0.838. The molecule has 0 spiro atoms. The molecule has 4 aromatic carbocycles. The number of fused-ring (bicyclic) bond motifs is 1. The molecular weight excluding hydrogens is 498 g/mol. The second-order valence-corrected chi connectivity index (χ2v) is 9.78. The minimum absolute atomic E-state index is 0.165. The van der Waals surface area contributed by atoms with E-state index in [9.17, 15) is 22.0 Å². The van der Waals surface area contributed by atoms with Gasteiger partial charge in [-0.25, -0.2) is 13.2 Å². The first kappa shape index (κ1) is 27.7. The van der Waals surface area contributed by atoms with Gasteiger partial charge in [0.25, 0.3) is 0 Å². The molecule has 0 aliphatic rings. The van der Waals surface area contributed by atoms with Crippen LogP contribution in [0.15, 0.2) is 66.7 Å². The molecule has 0 atom stereocenters. The molecular formula is C32H30F6. The average Bonchev–Trinajstić information content (AvgIpc) is 2.87. The van der Waals surface area contributed by atoms with Crippen molar-refractivity contribution in [3.8, 4) is 11.1 Å². The third kappa shape index (κ3) is 6.58. The number of rotatable bonds is 10. The number of unbranched alkanes of at least 4 members (excludes halogenated alkanes) is 4. The van der Waals surface area contributed by atoms with Crippen molar-refractivity contribution < 1.29 is 26.3 Å². The highest BCUT2D eigenvalue weighted by Gasteiger charge is 2.38. The van der Waals surface area contributed by atoms with Crippen molar-refractivity contribution in [3.63, 3.8) is 0 Å². The fraction of sp³-hybridized carbons (Fsp3) is 0.312. The van der Waals surface area contributed by atoms with Gasteiger partial charge in [-0.05, 0) is 65.5 Å². The number of alkyl halides is 3. The number of hydrogen-bond acceptors (Lipinski definition) is 0. The Kier molecular flexibility index (Phi) is 8.80. The van der Waals surface area contributed by atoms with E-state index in [4.69, 9.17) is 0 Å². The van der Waals surface area contributed by atoms with Gasteiger partial charge in [-0.2, -0.15) is 13.2 Å². The summed E-state index contributed by atoms with van der Waals surface area (Å²) < 4.78 is 82.0. The fourth-order valence-electron chi connectivity index (χ4n) is 4.81. The second-order valence-electron chi connectivity index (χ2n) is 9.78. The monoisotopic (exact) mass is 528 g/mol. The van der Waals surface area contributed by atoms with Gasteiger partial charge >= 0.3 is 6.18 Å². The van der Waals surface area contributed by atoms with Crippen LogP contribution in [0.3, 0.4) is 0 Å². The minimum atomic E-state index is -5.18. The maximum absolute atomic E-state index is 15.3.